The van der Waals surface area contributed by atoms with Crippen LogP contribution in [0.25, 0.3) is 0 Å². The highest BCUT2D eigenvalue weighted by molar-refractivity contribution is 7.09. The number of benzene rings is 1. The number of carbonyl (C=O) groups is 1. The molecule has 1 aromatic heterocycles. The molecule has 1 amide bonds. The fourth-order valence-corrected chi connectivity index (χ4v) is 4.77. The van der Waals surface area contributed by atoms with Crippen molar-refractivity contribution in [3.63, 3.8) is 0 Å². The van der Waals surface area contributed by atoms with Gasteiger partial charge in [-0.3, -0.25) is 19.5 Å². The third kappa shape index (κ3) is 5.64. The zero-order valence-corrected chi connectivity index (χ0v) is 17.3. The number of nitrogens with zero attached hydrogens (tertiary/aromatic N) is 3. The largest absolute Gasteiger partial charge is 0.325 e. The molecule has 1 aromatic carbocycles. The van der Waals surface area contributed by atoms with Crippen LogP contribution in [0.4, 0.5) is 5.69 Å². The second-order valence-corrected chi connectivity index (χ2v) is 8.89. The number of piperazine rings is 1. The van der Waals surface area contributed by atoms with Crippen LogP contribution < -0.4 is 5.32 Å². The molecular formula is C22H30N4OS. The molecule has 2 aromatic rings. The molecule has 4 rings (SSSR count). The van der Waals surface area contributed by atoms with E-state index in [9.17, 15) is 4.79 Å². The number of hydrogen-bond donors (Lipinski definition) is 1. The molecule has 0 spiro atoms. The maximum atomic E-state index is 12.4. The van der Waals surface area contributed by atoms with Crippen molar-refractivity contribution in [2.24, 2.45) is 0 Å². The smallest absolute Gasteiger partial charge is 0.238 e. The van der Waals surface area contributed by atoms with Crippen LogP contribution in [0.15, 0.2) is 41.8 Å². The van der Waals surface area contributed by atoms with Gasteiger partial charge in [-0.05, 0) is 55.1 Å². The summed E-state index contributed by atoms with van der Waals surface area (Å²) in [5.74, 6) is 0.0824. The van der Waals surface area contributed by atoms with E-state index in [1.165, 1.54) is 36.4 Å². The fourth-order valence-electron chi connectivity index (χ4n) is 4.02. The number of hydrogen-bond acceptors (Lipinski definition) is 5. The molecule has 2 saturated heterocycles. The molecule has 1 N–H and O–H groups in total. The summed E-state index contributed by atoms with van der Waals surface area (Å²) in [5, 5.41) is 5.19. The molecule has 2 aliphatic heterocycles. The molecule has 3 heterocycles. The summed E-state index contributed by atoms with van der Waals surface area (Å²) in [6.07, 6.45) is 2.63. The van der Waals surface area contributed by atoms with Crippen molar-refractivity contribution in [3.05, 3.63) is 52.2 Å². The van der Waals surface area contributed by atoms with Crippen molar-refractivity contribution >= 4 is 22.9 Å². The van der Waals surface area contributed by atoms with Gasteiger partial charge >= 0.3 is 0 Å². The average molecular weight is 399 g/mol. The minimum absolute atomic E-state index is 0.0824. The van der Waals surface area contributed by atoms with E-state index in [2.05, 4.69) is 49.7 Å². The number of likely N-dealkylation sites (tertiary alicyclic amines) is 1. The van der Waals surface area contributed by atoms with Crippen molar-refractivity contribution < 1.29 is 4.79 Å². The average Bonchev–Trinajstić information content (AvgIpc) is 3.39. The zero-order valence-electron chi connectivity index (χ0n) is 16.5. The lowest BCUT2D eigenvalue weighted by molar-refractivity contribution is -0.117. The molecule has 0 radical (unpaired) electrons. The van der Waals surface area contributed by atoms with Gasteiger partial charge in [0.2, 0.25) is 5.91 Å². The lowest BCUT2D eigenvalue weighted by Crippen LogP contribution is -2.48. The maximum Gasteiger partial charge on any atom is 0.238 e. The van der Waals surface area contributed by atoms with Gasteiger partial charge in [0.15, 0.2) is 0 Å². The Kier molecular flexibility index (Phi) is 6.75. The quantitative estimate of drug-likeness (QED) is 0.778. The minimum atomic E-state index is 0.0824. The molecule has 0 atom stereocenters. The summed E-state index contributed by atoms with van der Waals surface area (Å²) in [4.78, 5) is 21.0. The van der Waals surface area contributed by atoms with Crippen LogP contribution in [0.1, 0.15) is 23.3 Å². The lowest BCUT2D eigenvalue weighted by atomic mass is 10.2. The Hall–Kier alpha value is -1.73. The first kappa shape index (κ1) is 19.6. The van der Waals surface area contributed by atoms with E-state index in [1.807, 2.05) is 23.5 Å². The van der Waals surface area contributed by atoms with Gasteiger partial charge in [-0.15, -0.1) is 11.3 Å². The first-order valence-electron chi connectivity index (χ1n) is 10.3. The van der Waals surface area contributed by atoms with E-state index >= 15 is 0 Å². The van der Waals surface area contributed by atoms with E-state index < -0.39 is 0 Å². The van der Waals surface area contributed by atoms with E-state index in [4.69, 9.17) is 0 Å². The predicted octanol–water partition coefficient (Wildman–Crippen LogP) is 3.10. The lowest BCUT2D eigenvalue weighted by Gasteiger charge is -2.34. The minimum Gasteiger partial charge on any atom is -0.325 e. The molecule has 2 aliphatic rings. The molecule has 0 bridgehead atoms. The Morgan fingerprint density at radius 3 is 2.21 bits per heavy atom. The molecule has 150 valence electrons. The van der Waals surface area contributed by atoms with Gasteiger partial charge in [-0.25, -0.2) is 0 Å². The molecule has 2 fully saturated rings. The van der Waals surface area contributed by atoms with Gasteiger partial charge in [-0.2, -0.15) is 0 Å². The highest BCUT2D eigenvalue weighted by Crippen LogP contribution is 2.16. The summed E-state index contributed by atoms with van der Waals surface area (Å²) in [5.41, 5.74) is 2.22. The first-order valence-corrected chi connectivity index (χ1v) is 11.2. The standard InChI is InChI=1S/C22H30N4OS/c27-22(18-26-13-11-25(12-14-26)17-21-4-3-15-28-21)23-20-7-5-19(6-8-20)16-24-9-1-2-10-24/h3-8,15H,1-2,9-14,16-18H2,(H,23,27). The Balaban J connectivity index is 1.18. The van der Waals surface area contributed by atoms with Gasteiger partial charge in [0.1, 0.15) is 0 Å². The molecule has 0 unspecified atom stereocenters. The highest BCUT2D eigenvalue weighted by atomic mass is 32.1. The Morgan fingerprint density at radius 2 is 1.54 bits per heavy atom. The second-order valence-electron chi connectivity index (χ2n) is 7.86. The van der Waals surface area contributed by atoms with E-state index in [1.54, 1.807) is 0 Å². The summed E-state index contributed by atoms with van der Waals surface area (Å²) < 4.78 is 0. The number of thiophene rings is 1. The number of rotatable bonds is 7. The van der Waals surface area contributed by atoms with Crippen LogP contribution in [0, 0.1) is 0 Å². The van der Waals surface area contributed by atoms with Crippen molar-refractivity contribution in [2.45, 2.75) is 25.9 Å². The predicted molar refractivity (Wildman–Crippen MR) is 116 cm³/mol. The number of nitrogens with one attached hydrogen (secondary N) is 1. The Labute approximate surface area is 171 Å². The van der Waals surface area contributed by atoms with Crippen molar-refractivity contribution in [3.8, 4) is 0 Å². The molecule has 5 nitrogen and oxygen atoms in total. The third-order valence-corrected chi connectivity index (χ3v) is 6.50. The number of anilines is 1. The van der Waals surface area contributed by atoms with Gasteiger partial charge in [-0.1, -0.05) is 18.2 Å². The van der Waals surface area contributed by atoms with Crippen LogP contribution in [-0.2, 0) is 17.9 Å². The maximum absolute atomic E-state index is 12.4. The fraction of sp³-hybridized carbons (Fsp3) is 0.500. The van der Waals surface area contributed by atoms with E-state index in [0.717, 1.165) is 45.0 Å². The van der Waals surface area contributed by atoms with Gasteiger partial charge in [0, 0.05) is 49.8 Å². The second kappa shape index (κ2) is 9.65. The molecule has 28 heavy (non-hydrogen) atoms. The summed E-state index contributed by atoms with van der Waals surface area (Å²) >= 11 is 1.82. The first-order chi connectivity index (χ1) is 13.7. The number of amides is 1. The van der Waals surface area contributed by atoms with E-state index in [0.29, 0.717) is 6.54 Å². The molecule has 6 heteroatoms. The van der Waals surface area contributed by atoms with Crippen LogP contribution in [0.3, 0.4) is 0 Å². The highest BCUT2D eigenvalue weighted by Gasteiger charge is 2.19. The van der Waals surface area contributed by atoms with Gasteiger partial charge in [0.25, 0.3) is 0 Å². The van der Waals surface area contributed by atoms with E-state index in [-0.39, 0.29) is 5.91 Å². The van der Waals surface area contributed by atoms with Gasteiger partial charge in [0.05, 0.1) is 6.54 Å². The topological polar surface area (TPSA) is 38.8 Å². The van der Waals surface area contributed by atoms with Crippen LogP contribution in [-0.4, -0.2) is 66.4 Å². The van der Waals surface area contributed by atoms with Crippen molar-refractivity contribution in [1.82, 2.24) is 14.7 Å². The zero-order chi connectivity index (χ0) is 19.2. The van der Waals surface area contributed by atoms with Crippen LogP contribution >= 0.6 is 11.3 Å². The number of carbonyl (C=O) groups excluding carboxylic acids is 1. The Bertz CT molecular complexity index is 732. The SMILES string of the molecule is O=C(CN1CCN(Cc2cccs2)CC1)Nc1ccc(CN2CCCC2)cc1. The summed E-state index contributed by atoms with van der Waals surface area (Å²) in [6.45, 7) is 8.89. The molecular weight excluding hydrogens is 368 g/mol. The summed E-state index contributed by atoms with van der Waals surface area (Å²) in [6, 6.07) is 12.6. The van der Waals surface area contributed by atoms with Crippen LogP contribution in [0.2, 0.25) is 0 Å². The normalized spacial score (nSPS) is 19.1. The molecule has 0 aliphatic carbocycles. The monoisotopic (exact) mass is 398 g/mol. The van der Waals surface area contributed by atoms with Crippen molar-refractivity contribution in [2.75, 3.05) is 51.1 Å². The Morgan fingerprint density at radius 1 is 0.857 bits per heavy atom. The van der Waals surface area contributed by atoms with Crippen LogP contribution in [0.5, 0.6) is 0 Å². The molecule has 0 saturated carbocycles. The third-order valence-electron chi connectivity index (χ3n) is 5.63. The van der Waals surface area contributed by atoms with Gasteiger partial charge < -0.3 is 5.32 Å². The summed E-state index contributed by atoms with van der Waals surface area (Å²) in [7, 11) is 0. The van der Waals surface area contributed by atoms with Crippen molar-refractivity contribution in [1.29, 1.82) is 0 Å².